The van der Waals surface area contributed by atoms with Gasteiger partial charge in [0.25, 0.3) is 0 Å². The Morgan fingerprint density at radius 1 is 1.33 bits per heavy atom. The van der Waals surface area contributed by atoms with Gasteiger partial charge >= 0.3 is 5.97 Å². The van der Waals surface area contributed by atoms with Crippen molar-refractivity contribution in [3.05, 3.63) is 23.3 Å². The van der Waals surface area contributed by atoms with Crippen molar-refractivity contribution >= 4 is 16.0 Å². The minimum atomic E-state index is -3.67. The van der Waals surface area contributed by atoms with Gasteiger partial charge in [0.15, 0.2) is 0 Å². The second-order valence-corrected chi connectivity index (χ2v) is 7.74. The third-order valence-electron chi connectivity index (χ3n) is 4.10. The van der Waals surface area contributed by atoms with Gasteiger partial charge in [-0.2, -0.15) is 4.31 Å². The van der Waals surface area contributed by atoms with Crippen molar-refractivity contribution in [2.45, 2.75) is 37.6 Å². The first-order valence-corrected chi connectivity index (χ1v) is 9.18. The van der Waals surface area contributed by atoms with Gasteiger partial charge < -0.3 is 14.6 Å². The maximum atomic E-state index is 13.1. The lowest BCUT2D eigenvalue weighted by atomic mass is 10.1. The van der Waals surface area contributed by atoms with E-state index in [4.69, 9.17) is 14.6 Å². The predicted octanol–water partition coefficient (Wildman–Crippen LogP) is 1.57. The van der Waals surface area contributed by atoms with Crippen LogP contribution in [0.2, 0.25) is 0 Å². The van der Waals surface area contributed by atoms with Gasteiger partial charge in [-0.25, -0.2) is 13.2 Å². The molecule has 1 atom stereocenters. The van der Waals surface area contributed by atoms with E-state index in [1.54, 1.807) is 33.1 Å². The Balaban J connectivity index is 2.27. The molecule has 0 amide bonds. The highest BCUT2D eigenvalue weighted by molar-refractivity contribution is 7.89. The molecule has 1 saturated heterocycles. The Bertz CT molecular complexity index is 692. The molecule has 0 spiro atoms. The second kappa shape index (κ2) is 7.50. The van der Waals surface area contributed by atoms with Crippen LogP contribution in [0.5, 0.6) is 5.75 Å². The monoisotopic (exact) mass is 357 g/mol. The van der Waals surface area contributed by atoms with Gasteiger partial charge in [-0.05, 0) is 49.9 Å². The fourth-order valence-corrected chi connectivity index (χ4v) is 5.22. The Kier molecular flexibility index (Phi) is 5.84. The lowest BCUT2D eigenvalue weighted by molar-refractivity contribution is -0.142. The van der Waals surface area contributed by atoms with Crippen LogP contribution < -0.4 is 4.74 Å². The largest absolute Gasteiger partial charge is 0.497 e. The molecule has 8 heteroatoms. The molecule has 1 aliphatic heterocycles. The summed E-state index contributed by atoms with van der Waals surface area (Å²) in [6.07, 6.45) is 1.39. The number of sulfonamides is 1. The highest BCUT2D eigenvalue weighted by Gasteiger charge is 2.37. The molecule has 0 bridgehead atoms. The van der Waals surface area contributed by atoms with Gasteiger partial charge in [-0.1, -0.05) is 0 Å². The lowest BCUT2D eigenvalue weighted by Crippen LogP contribution is -2.39. The summed E-state index contributed by atoms with van der Waals surface area (Å²) in [5.41, 5.74) is 1.26. The number of carboxylic acids is 1. The fourth-order valence-electron chi connectivity index (χ4n) is 3.13. The van der Waals surface area contributed by atoms with Crippen molar-refractivity contribution < 1.29 is 27.8 Å². The van der Waals surface area contributed by atoms with Crippen LogP contribution in [0.1, 0.15) is 24.0 Å². The van der Waals surface area contributed by atoms with Crippen LogP contribution >= 0.6 is 0 Å². The molecule has 0 saturated carbocycles. The normalized spacial score (nSPS) is 18.7. The highest BCUT2D eigenvalue weighted by atomic mass is 32.2. The van der Waals surface area contributed by atoms with E-state index in [1.165, 1.54) is 4.31 Å². The summed E-state index contributed by atoms with van der Waals surface area (Å²) in [5.74, 6) is -0.448. The third kappa shape index (κ3) is 3.88. The van der Waals surface area contributed by atoms with E-state index in [0.29, 0.717) is 29.8 Å². The highest BCUT2D eigenvalue weighted by Crippen LogP contribution is 2.32. The molecule has 1 aliphatic rings. The Labute approximate surface area is 142 Å². The molecular weight excluding hydrogens is 334 g/mol. The molecule has 0 aliphatic carbocycles. The van der Waals surface area contributed by atoms with Crippen LogP contribution in [-0.4, -0.2) is 56.7 Å². The van der Waals surface area contributed by atoms with E-state index >= 15 is 0 Å². The average Bonchev–Trinajstić information content (AvgIpc) is 2.95. The summed E-state index contributed by atoms with van der Waals surface area (Å²) >= 11 is 0. The molecule has 1 unspecified atom stereocenters. The Morgan fingerprint density at radius 3 is 2.50 bits per heavy atom. The number of rotatable bonds is 7. The maximum absolute atomic E-state index is 13.1. The maximum Gasteiger partial charge on any atom is 0.329 e. The van der Waals surface area contributed by atoms with Gasteiger partial charge in [-0.15, -0.1) is 0 Å². The number of methoxy groups -OCH3 is 1. The first-order valence-electron chi connectivity index (χ1n) is 7.74. The number of carboxylic acid groups (broad SMARTS) is 1. The van der Waals surface area contributed by atoms with Crippen molar-refractivity contribution in [1.29, 1.82) is 0 Å². The summed E-state index contributed by atoms with van der Waals surface area (Å²) in [6, 6.07) is 3.06. The summed E-state index contributed by atoms with van der Waals surface area (Å²) in [7, 11) is -2.13. The van der Waals surface area contributed by atoms with E-state index in [0.717, 1.165) is 6.42 Å². The Hall–Kier alpha value is -1.64. The molecule has 1 fully saturated rings. The Morgan fingerprint density at radius 2 is 1.96 bits per heavy atom. The van der Waals surface area contributed by atoms with Gasteiger partial charge in [0.05, 0.1) is 18.6 Å². The summed E-state index contributed by atoms with van der Waals surface area (Å²) < 4.78 is 37.9. The van der Waals surface area contributed by atoms with Crippen LogP contribution in [-0.2, 0) is 19.6 Å². The zero-order valence-corrected chi connectivity index (χ0v) is 14.9. The van der Waals surface area contributed by atoms with Crippen LogP contribution in [0.3, 0.4) is 0 Å². The molecular formula is C16H23NO6S. The number of aryl methyl sites for hydroxylation is 2. The minimum absolute atomic E-state index is 0.0831. The molecule has 2 rings (SSSR count). The zero-order valence-electron chi connectivity index (χ0n) is 14.1. The van der Waals surface area contributed by atoms with Crippen LogP contribution in [0, 0.1) is 13.8 Å². The summed E-state index contributed by atoms with van der Waals surface area (Å²) in [4.78, 5) is 10.8. The van der Waals surface area contributed by atoms with Gasteiger partial charge in [0.1, 0.15) is 12.4 Å². The van der Waals surface area contributed by atoms with Crippen molar-refractivity contribution in [2.75, 3.05) is 26.9 Å². The van der Waals surface area contributed by atoms with Crippen molar-refractivity contribution in [1.82, 2.24) is 4.31 Å². The lowest BCUT2D eigenvalue weighted by Gasteiger charge is -2.25. The number of benzene rings is 1. The molecule has 0 radical (unpaired) electrons. The summed E-state index contributed by atoms with van der Waals surface area (Å²) in [6.45, 7) is 3.56. The second-order valence-electron chi connectivity index (χ2n) is 5.91. The van der Waals surface area contributed by atoms with Gasteiger partial charge in [-0.3, -0.25) is 0 Å². The first-order chi connectivity index (χ1) is 11.3. The SMILES string of the molecule is COc1cc(C)c(S(=O)(=O)N2CCCC2COCC(=O)O)c(C)c1. The number of ether oxygens (including phenoxy) is 2. The predicted molar refractivity (Wildman–Crippen MR) is 87.8 cm³/mol. The molecule has 24 heavy (non-hydrogen) atoms. The third-order valence-corrected chi connectivity index (χ3v) is 6.35. The number of nitrogens with zero attached hydrogens (tertiary/aromatic N) is 1. The topological polar surface area (TPSA) is 93.1 Å². The molecule has 7 nitrogen and oxygen atoms in total. The van der Waals surface area contributed by atoms with E-state index in [-0.39, 0.29) is 17.5 Å². The van der Waals surface area contributed by atoms with Crippen LogP contribution in [0.25, 0.3) is 0 Å². The minimum Gasteiger partial charge on any atom is -0.497 e. The van der Waals surface area contributed by atoms with Crippen LogP contribution in [0.4, 0.5) is 0 Å². The number of hydrogen-bond donors (Lipinski definition) is 1. The molecule has 0 aromatic heterocycles. The standard InChI is InChI=1S/C16H23NO6S/c1-11-7-14(22-3)8-12(2)16(11)24(20,21)17-6-4-5-13(17)9-23-10-15(18)19/h7-8,13H,4-6,9-10H2,1-3H3,(H,18,19). The molecule has 134 valence electrons. The molecule has 1 aromatic rings. The summed E-state index contributed by atoms with van der Waals surface area (Å²) in [5, 5.41) is 8.64. The molecule has 1 aromatic carbocycles. The van der Waals surface area contributed by atoms with E-state index in [1.807, 2.05) is 0 Å². The van der Waals surface area contributed by atoms with Crippen LogP contribution in [0.15, 0.2) is 17.0 Å². The van der Waals surface area contributed by atoms with Gasteiger partial charge in [0.2, 0.25) is 10.0 Å². The smallest absolute Gasteiger partial charge is 0.329 e. The zero-order chi connectivity index (χ0) is 17.9. The quantitative estimate of drug-likeness (QED) is 0.796. The van der Waals surface area contributed by atoms with Gasteiger partial charge in [0, 0.05) is 12.6 Å². The number of carbonyl (C=O) groups is 1. The number of hydrogen-bond acceptors (Lipinski definition) is 5. The van der Waals surface area contributed by atoms with E-state index in [9.17, 15) is 13.2 Å². The first kappa shape index (κ1) is 18.7. The number of aliphatic carboxylic acids is 1. The van der Waals surface area contributed by atoms with E-state index < -0.39 is 22.6 Å². The average molecular weight is 357 g/mol. The van der Waals surface area contributed by atoms with Crippen molar-refractivity contribution in [2.24, 2.45) is 0 Å². The van der Waals surface area contributed by atoms with Crippen molar-refractivity contribution in [3.8, 4) is 5.75 Å². The fraction of sp³-hybridized carbons (Fsp3) is 0.562. The van der Waals surface area contributed by atoms with Crippen molar-refractivity contribution in [3.63, 3.8) is 0 Å². The van der Waals surface area contributed by atoms with E-state index in [2.05, 4.69) is 0 Å². The molecule has 1 heterocycles. The molecule has 1 N–H and O–H groups in total.